The van der Waals surface area contributed by atoms with E-state index in [1.54, 1.807) is 0 Å². The van der Waals surface area contributed by atoms with E-state index in [-0.39, 0.29) is 18.5 Å². The Balaban J connectivity index is 3.33. The molecule has 0 aliphatic carbocycles. The van der Waals surface area contributed by atoms with Crippen molar-refractivity contribution < 1.29 is 24.5 Å². The summed E-state index contributed by atoms with van der Waals surface area (Å²) in [5.74, 6) is -0.0279. The molecule has 0 saturated heterocycles. The molecule has 0 rings (SSSR count). The van der Waals surface area contributed by atoms with E-state index < -0.39 is 12.1 Å². The smallest absolute Gasteiger partial charge is 0.305 e. The second kappa shape index (κ2) is 59.9. The Morgan fingerprint density at radius 2 is 0.714 bits per heavy atom. The first kappa shape index (κ1) is 68.3. The molecule has 3 N–H and O–H groups in total. The normalized spacial score (nSPS) is 12.7. The van der Waals surface area contributed by atoms with Crippen LogP contribution in [-0.4, -0.2) is 47.4 Å². The van der Waals surface area contributed by atoms with Gasteiger partial charge in [0.1, 0.15) is 0 Å². The van der Waals surface area contributed by atoms with Gasteiger partial charge in [0.2, 0.25) is 5.91 Å². The van der Waals surface area contributed by atoms with Gasteiger partial charge in [-0.3, -0.25) is 9.59 Å². The average Bonchev–Trinajstić information content (AvgIpc) is 3.36. The van der Waals surface area contributed by atoms with Crippen LogP contribution >= 0.6 is 0 Å². The molecule has 6 nitrogen and oxygen atoms in total. The first-order chi connectivity index (χ1) is 34.5. The van der Waals surface area contributed by atoms with Crippen LogP contribution in [0.4, 0.5) is 0 Å². The van der Waals surface area contributed by atoms with Crippen molar-refractivity contribution in [1.82, 2.24) is 5.32 Å². The van der Waals surface area contributed by atoms with Gasteiger partial charge >= 0.3 is 5.97 Å². The summed E-state index contributed by atoms with van der Waals surface area (Å²) in [4.78, 5) is 24.5. The Bertz CT molecular complexity index is 1090. The van der Waals surface area contributed by atoms with Crippen LogP contribution in [0.2, 0.25) is 0 Å². The van der Waals surface area contributed by atoms with Crippen LogP contribution in [0.1, 0.15) is 348 Å². The van der Waals surface area contributed by atoms with E-state index >= 15 is 0 Å². The van der Waals surface area contributed by atoms with Crippen LogP contribution in [0, 0.1) is 0 Å². The molecular formula is C64H123NO5. The van der Waals surface area contributed by atoms with E-state index in [0.29, 0.717) is 25.9 Å². The zero-order valence-electron chi connectivity index (χ0n) is 47.3. The first-order valence-electron chi connectivity index (χ1n) is 31.6. The number of amides is 1. The molecule has 6 heteroatoms. The van der Waals surface area contributed by atoms with Crippen LogP contribution in [0.25, 0.3) is 0 Å². The molecule has 0 spiro atoms. The Kier molecular flexibility index (Phi) is 58.5. The fourth-order valence-electron chi connectivity index (χ4n) is 9.91. The molecule has 414 valence electrons. The highest BCUT2D eigenvalue weighted by Crippen LogP contribution is 2.18. The molecule has 0 bridgehead atoms. The van der Waals surface area contributed by atoms with E-state index in [4.69, 9.17) is 4.74 Å². The van der Waals surface area contributed by atoms with Crippen molar-refractivity contribution in [3.05, 3.63) is 24.3 Å². The summed E-state index contributed by atoms with van der Waals surface area (Å²) in [7, 11) is 0. The van der Waals surface area contributed by atoms with Gasteiger partial charge in [-0.15, -0.1) is 0 Å². The maximum atomic E-state index is 12.4. The Labute approximate surface area is 437 Å². The highest BCUT2D eigenvalue weighted by molar-refractivity contribution is 5.76. The number of ether oxygens (including phenoxy) is 1. The van der Waals surface area contributed by atoms with Crippen molar-refractivity contribution in [2.24, 2.45) is 0 Å². The lowest BCUT2D eigenvalue weighted by molar-refractivity contribution is -0.143. The second-order valence-electron chi connectivity index (χ2n) is 21.7. The van der Waals surface area contributed by atoms with Crippen molar-refractivity contribution in [2.75, 3.05) is 13.2 Å². The van der Waals surface area contributed by atoms with Gasteiger partial charge in [0.15, 0.2) is 0 Å². The Morgan fingerprint density at radius 3 is 1.11 bits per heavy atom. The van der Waals surface area contributed by atoms with Gasteiger partial charge in [-0.05, 0) is 57.8 Å². The number of hydrogen-bond donors (Lipinski definition) is 3. The third-order valence-corrected chi connectivity index (χ3v) is 14.8. The third kappa shape index (κ3) is 55.7. The molecule has 0 fully saturated rings. The highest BCUT2D eigenvalue weighted by atomic mass is 16.5. The number of esters is 1. The van der Waals surface area contributed by atoms with Crippen LogP contribution in [-0.2, 0) is 14.3 Å². The summed E-state index contributed by atoms with van der Waals surface area (Å²) < 4.78 is 5.48. The minimum Gasteiger partial charge on any atom is -0.466 e. The summed E-state index contributed by atoms with van der Waals surface area (Å²) >= 11 is 0. The van der Waals surface area contributed by atoms with Gasteiger partial charge < -0.3 is 20.3 Å². The number of aliphatic hydroxyl groups excluding tert-OH is 2. The quantitative estimate of drug-likeness (QED) is 0.0321. The molecule has 1 amide bonds. The number of hydrogen-bond acceptors (Lipinski definition) is 5. The van der Waals surface area contributed by atoms with Crippen molar-refractivity contribution in [1.29, 1.82) is 0 Å². The lowest BCUT2D eigenvalue weighted by atomic mass is 10.0. The molecule has 70 heavy (non-hydrogen) atoms. The number of carbonyl (C=O) groups is 2. The topological polar surface area (TPSA) is 95.9 Å². The molecule has 0 aromatic rings. The number of carbonyl (C=O) groups excluding carboxylic acids is 2. The van der Waals surface area contributed by atoms with Gasteiger partial charge in [0, 0.05) is 12.8 Å². The molecule has 0 radical (unpaired) electrons. The SMILES string of the molecule is CCCCC/C=C\C/C=C\CCCCCCCC(=O)OCCCCCCCCCCCCCCCCCCCCCCCCCCCCCC(=O)NC(CO)C(O)CCCCCCCCCCCCC. The van der Waals surface area contributed by atoms with Crippen LogP contribution in [0.5, 0.6) is 0 Å². The van der Waals surface area contributed by atoms with E-state index in [2.05, 4.69) is 43.5 Å². The van der Waals surface area contributed by atoms with E-state index in [1.807, 2.05) is 0 Å². The van der Waals surface area contributed by atoms with Gasteiger partial charge in [-0.2, -0.15) is 0 Å². The Hall–Kier alpha value is -1.66. The Morgan fingerprint density at radius 1 is 0.400 bits per heavy atom. The van der Waals surface area contributed by atoms with Gasteiger partial charge in [0.25, 0.3) is 0 Å². The van der Waals surface area contributed by atoms with Gasteiger partial charge in [0.05, 0.1) is 25.4 Å². The fraction of sp³-hybridized carbons (Fsp3) is 0.906. The molecule has 2 atom stereocenters. The number of aliphatic hydroxyl groups is 2. The second-order valence-corrected chi connectivity index (χ2v) is 21.7. The molecule has 0 aliphatic heterocycles. The molecular weight excluding hydrogens is 863 g/mol. The highest BCUT2D eigenvalue weighted by Gasteiger charge is 2.20. The van der Waals surface area contributed by atoms with E-state index in [9.17, 15) is 19.8 Å². The van der Waals surface area contributed by atoms with Crippen molar-refractivity contribution in [2.45, 2.75) is 360 Å². The molecule has 0 aromatic carbocycles. The summed E-state index contributed by atoms with van der Waals surface area (Å²) in [6.45, 7) is 4.93. The van der Waals surface area contributed by atoms with Crippen LogP contribution in [0.3, 0.4) is 0 Å². The maximum Gasteiger partial charge on any atom is 0.305 e. The monoisotopic (exact) mass is 986 g/mol. The summed E-state index contributed by atoms with van der Waals surface area (Å²) in [5.41, 5.74) is 0. The predicted octanol–water partition coefficient (Wildman–Crippen LogP) is 19.8. The average molecular weight is 987 g/mol. The zero-order chi connectivity index (χ0) is 50.7. The molecule has 0 aromatic heterocycles. The van der Waals surface area contributed by atoms with Crippen LogP contribution < -0.4 is 5.32 Å². The summed E-state index contributed by atoms with van der Waals surface area (Å²) in [6, 6.07) is -0.537. The largest absolute Gasteiger partial charge is 0.466 e. The molecule has 2 unspecified atom stereocenters. The van der Waals surface area contributed by atoms with Gasteiger partial charge in [-0.1, -0.05) is 301 Å². The fourth-order valence-corrected chi connectivity index (χ4v) is 9.91. The predicted molar refractivity (Wildman–Crippen MR) is 306 cm³/mol. The van der Waals surface area contributed by atoms with Crippen molar-refractivity contribution in [3.8, 4) is 0 Å². The minimum atomic E-state index is -0.660. The van der Waals surface area contributed by atoms with Crippen molar-refractivity contribution >= 4 is 11.9 Å². The van der Waals surface area contributed by atoms with E-state index in [0.717, 1.165) is 51.4 Å². The summed E-state index contributed by atoms with van der Waals surface area (Å²) in [6.07, 6.45) is 73.5. The number of nitrogens with one attached hydrogen (secondary N) is 1. The maximum absolute atomic E-state index is 12.4. The molecule has 0 heterocycles. The van der Waals surface area contributed by atoms with Gasteiger partial charge in [-0.25, -0.2) is 0 Å². The molecule has 0 saturated carbocycles. The zero-order valence-corrected chi connectivity index (χ0v) is 47.3. The lowest BCUT2D eigenvalue weighted by Gasteiger charge is -2.22. The number of unbranched alkanes of at least 4 members (excludes halogenated alkanes) is 44. The number of rotatable bonds is 59. The standard InChI is InChI=1S/C64H123NO5/c1-3-5-7-9-11-13-15-16-30-34-38-42-46-50-54-58-64(69)70-59-55-51-47-43-39-35-32-29-27-25-23-21-19-17-18-20-22-24-26-28-31-33-37-41-45-49-53-57-63(68)65-61(60-66)62(67)56-52-48-44-40-36-14-12-10-8-6-4-2/h11,13,16,30,61-62,66-67H,3-10,12,14-15,17-29,31-60H2,1-2H3,(H,65,68)/b13-11-,30-16-. The first-order valence-corrected chi connectivity index (χ1v) is 31.6. The third-order valence-electron chi connectivity index (χ3n) is 14.8. The minimum absolute atomic E-state index is 0.00425. The summed E-state index contributed by atoms with van der Waals surface area (Å²) in [5, 5.41) is 23.2. The van der Waals surface area contributed by atoms with E-state index in [1.165, 1.54) is 263 Å². The number of allylic oxidation sites excluding steroid dienone is 4. The van der Waals surface area contributed by atoms with Crippen LogP contribution in [0.15, 0.2) is 24.3 Å². The lowest BCUT2D eigenvalue weighted by Crippen LogP contribution is -2.45. The molecule has 0 aliphatic rings. The van der Waals surface area contributed by atoms with Crippen molar-refractivity contribution in [3.63, 3.8) is 0 Å².